The van der Waals surface area contributed by atoms with Crippen LogP contribution in [0, 0.1) is 0 Å². The highest BCUT2D eigenvalue weighted by atomic mass is 16.4. The lowest BCUT2D eigenvalue weighted by atomic mass is 10.2. The summed E-state index contributed by atoms with van der Waals surface area (Å²) in [4.78, 5) is 22.2. The van der Waals surface area contributed by atoms with Crippen LogP contribution in [0.1, 0.15) is 50.6 Å². The van der Waals surface area contributed by atoms with Crippen molar-refractivity contribution in [2.24, 2.45) is 0 Å². The van der Waals surface area contributed by atoms with E-state index in [9.17, 15) is 9.59 Å². The first-order valence-electron chi connectivity index (χ1n) is 7.53. The van der Waals surface area contributed by atoms with Crippen LogP contribution in [0.15, 0.2) is 6.20 Å². The van der Waals surface area contributed by atoms with E-state index in [2.05, 4.69) is 15.6 Å². The van der Waals surface area contributed by atoms with Gasteiger partial charge >= 0.3 is 5.97 Å². The minimum absolute atomic E-state index is 0.0580. The number of carboxylic acid groups (broad SMARTS) is 1. The Morgan fingerprint density at radius 1 is 1.33 bits per heavy atom. The van der Waals surface area contributed by atoms with Crippen LogP contribution < -0.4 is 5.32 Å². The maximum absolute atomic E-state index is 11.8. The van der Waals surface area contributed by atoms with E-state index >= 15 is 0 Å². The molecular formula is C14H22N4O3. The molecule has 0 saturated heterocycles. The van der Waals surface area contributed by atoms with Crippen molar-refractivity contribution in [3.8, 4) is 0 Å². The van der Waals surface area contributed by atoms with Crippen LogP contribution in [0.3, 0.4) is 0 Å². The Labute approximate surface area is 123 Å². The number of nitrogens with zero attached hydrogens (tertiary/aromatic N) is 3. The number of hydrogen-bond donors (Lipinski definition) is 2. The Morgan fingerprint density at radius 2 is 2.10 bits per heavy atom. The van der Waals surface area contributed by atoms with Crippen molar-refractivity contribution in [3.05, 3.63) is 11.9 Å². The lowest BCUT2D eigenvalue weighted by molar-refractivity contribution is -0.137. The molecule has 1 aliphatic rings. The minimum Gasteiger partial charge on any atom is -0.481 e. The van der Waals surface area contributed by atoms with Gasteiger partial charge in [-0.3, -0.25) is 14.3 Å². The Balaban J connectivity index is 1.63. The highest BCUT2D eigenvalue weighted by Crippen LogP contribution is 2.17. The van der Waals surface area contributed by atoms with Gasteiger partial charge in [0.15, 0.2) is 0 Å². The molecule has 116 valence electrons. The van der Waals surface area contributed by atoms with Crippen LogP contribution in [0.5, 0.6) is 0 Å². The van der Waals surface area contributed by atoms with E-state index < -0.39 is 5.97 Å². The van der Waals surface area contributed by atoms with Gasteiger partial charge < -0.3 is 10.4 Å². The molecule has 2 rings (SSSR count). The third-order valence-electron chi connectivity index (χ3n) is 3.69. The molecule has 0 bridgehead atoms. The molecular weight excluding hydrogens is 272 g/mol. The van der Waals surface area contributed by atoms with E-state index in [0.717, 1.165) is 12.8 Å². The third-order valence-corrected chi connectivity index (χ3v) is 3.69. The molecule has 1 aromatic heterocycles. The van der Waals surface area contributed by atoms with Crippen molar-refractivity contribution in [1.82, 2.24) is 20.3 Å². The van der Waals surface area contributed by atoms with Crippen molar-refractivity contribution < 1.29 is 14.7 Å². The summed E-state index contributed by atoms with van der Waals surface area (Å²) in [5.41, 5.74) is 0.674. The summed E-state index contributed by atoms with van der Waals surface area (Å²) >= 11 is 0. The first-order chi connectivity index (χ1) is 10.1. The molecule has 1 fully saturated rings. The number of hydrogen-bond acceptors (Lipinski definition) is 4. The number of aliphatic carboxylic acids is 1. The van der Waals surface area contributed by atoms with Gasteiger partial charge in [0.25, 0.3) is 0 Å². The van der Waals surface area contributed by atoms with Gasteiger partial charge in [0, 0.05) is 31.6 Å². The molecule has 1 heterocycles. The first kappa shape index (κ1) is 15.5. The zero-order valence-electron chi connectivity index (χ0n) is 12.1. The van der Waals surface area contributed by atoms with Crippen LogP contribution in [-0.4, -0.2) is 38.0 Å². The van der Waals surface area contributed by atoms with Crippen LogP contribution in [-0.2, 0) is 22.6 Å². The van der Waals surface area contributed by atoms with Crippen molar-refractivity contribution in [3.63, 3.8) is 0 Å². The molecule has 0 radical (unpaired) electrons. The molecule has 0 spiro atoms. The molecule has 1 aromatic rings. The molecule has 1 saturated carbocycles. The molecule has 2 N–H and O–H groups in total. The quantitative estimate of drug-likeness (QED) is 0.749. The largest absolute Gasteiger partial charge is 0.481 e. The van der Waals surface area contributed by atoms with Gasteiger partial charge in [0.2, 0.25) is 5.91 Å². The van der Waals surface area contributed by atoms with E-state index in [4.69, 9.17) is 5.11 Å². The predicted octanol–water partition coefficient (Wildman–Crippen LogP) is 1.13. The van der Waals surface area contributed by atoms with Gasteiger partial charge in [-0.25, -0.2) is 0 Å². The van der Waals surface area contributed by atoms with Gasteiger partial charge in [-0.15, -0.1) is 5.10 Å². The lowest BCUT2D eigenvalue weighted by Crippen LogP contribution is -2.32. The third kappa shape index (κ3) is 5.53. The Bertz CT molecular complexity index is 480. The molecule has 1 aliphatic carbocycles. The second-order valence-corrected chi connectivity index (χ2v) is 5.52. The summed E-state index contributed by atoms with van der Waals surface area (Å²) in [6.07, 6.45) is 8.01. The van der Waals surface area contributed by atoms with Crippen LogP contribution >= 0.6 is 0 Å². The summed E-state index contributed by atoms with van der Waals surface area (Å²) in [5, 5.41) is 19.5. The smallest absolute Gasteiger partial charge is 0.303 e. The fraction of sp³-hybridized carbons (Fsp3) is 0.714. The normalized spacial score (nSPS) is 15.2. The number of carboxylic acids is 1. The Kier molecular flexibility index (Phi) is 5.71. The predicted molar refractivity (Wildman–Crippen MR) is 75.6 cm³/mol. The van der Waals surface area contributed by atoms with E-state index in [1.54, 1.807) is 10.9 Å². The standard InChI is InChI=1S/C14H22N4O3/c19-13(15-11-4-1-2-5-11)6-3-9-18-10-12(16-17-18)7-8-14(20)21/h10-11H,1-9H2,(H,15,19)(H,20,21). The summed E-state index contributed by atoms with van der Waals surface area (Å²) in [6, 6.07) is 0.367. The lowest BCUT2D eigenvalue weighted by Gasteiger charge is -2.11. The number of aryl methyl sites for hydroxylation is 2. The second-order valence-electron chi connectivity index (χ2n) is 5.52. The van der Waals surface area contributed by atoms with Crippen LogP contribution in [0.4, 0.5) is 0 Å². The number of nitrogens with one attached hydrogen (secondary N) is 1. The average molecular weight is 294 g/mol. The summed E-state index contributed by atoms with van der Waals surface area (Å²) in [7, 11) is 0. The maximum atomic E-state index is 11.8. The number of carbonyl (C=O) groups excluding carboxylic acids is 1. The number of amides is 1. The molecule has 0 atom stereocenters. The average Bonchev–Trinajstić information content (AvgIpc) is 3.08. The molecule has 21 heavy (non-hydrogen) atoms. The molecule has 7 nitrogen and oxygen atoms in total. The zero-order chi connectivity index (χ0) is 15.1. The van der Waals surface area contributed by atoms with E-state index in [0.29, 0.717) is 37.5 Å². The fourth-order valence-corrected chi connectivity index (χ4v) is 2.57. The maximum Gasteiger partial charge on any atom is 0.303 e. The number of rotatable bonds is 8. The van der Waals surface area contributed by atoms with Crippen LogP contribution in [0.25, 0.3) is 0 Å². The fourth-order valence-electron chi connectivity index (χ4n) is 2.57. The molecule has 7 heteroatoms. The van der Waals surface area contributed by atoms with Gasteiger partial charge in [0.05, 0.1) is 12.1 Å². The van der Waals surface area contributed by atoms with Crippen molar-refractivity contribution in [2.45, 2.75) is 64.0 Å². The van der Waals surface area contributed by atoms with Gasteiger partial charge in [-0.2, -0.15) is 0 Å². The van der Waals surface area contributed by atoms with E-state index in [1.807, 2.05) is 0 Å². The van der Waals surface area contributed by atoms with Crippen molar-refractivity contribution >= 4 is 11.9 Å². The Morgan fingerprint density at radius 3 is 2.81 bits per heavy atom. The highest BCUT2D eigenvalue weighted by molar-refractivity contribution is 5.76. The monoisotopic (exact) mass is 294 g/mol. The van der Waals surface area contributed by atoms with Gasteiger partial charge in [-0.05, 0) is 19.3 Å². The first-order valence-corrected chi connectivity index (χ1v) is 7.53. The van der Waals surface area contributed by atoms with Gasteiger partial charge in [0.1, 0.15) is 0 Å². The van der Waals surface area contributed by atoms with Crippen molar-refractivity contribution in [1.29, 1.82) is 0 Å². The minimum atomic E-state index is -0.840. The zero-order valence-corrected chi connectivity index (χ0v) is 12.1. The van der Waals surface area contributed by atoms with Gasteiger partial charge in [-0.1, -0.05) is 18.1 Å². The molecule has 1 amide bonds. The number of aromatic nitrogens is 3. The summed E-state index contributed by atoms with van der Waals surface area (Å²) in [5.74, 6) is -0.735. The Hall–Kier alpha value is -1.92. The number of carbonyl (C=O) groups is 2. The van der Waals surface area contributed by atoms with Crippen LogP contribution in [0.2, 0.25) is 0 Å². The summed E-state index contributed by atoms with van der Waals surface area (Å²) in [6.45, 7) is 0.623. The van der Waals surface area contributed by atoms with E-state index in [1.165, 1.54) is 12.8 Å². The highest BCUT2D eigenvalue weighted by Gasteiger charge is 2.16. The van der Waals surface area contributed by atoms with E-state index in [-0.39, 0.29) is 12.3 Å². The van der Waals surface area contributed by atoms with Crippen molar-refractivity contribution in [2.75, 3.05) is 0 Å². The second kappa shape index (κ2) is 7.75. The molecule has 0 aromatic carbocycles. The SMILES string of the molecule is O=C(O)CCc1cn(CCCC(=O)NC2CCCC2)nn1. The molecule has 0 aliphatic heterocycles. The molecule has 0 unspecified atom stereocenters. The summed E-state index contributed by atoms with van der Waals surface area (Å²) < 4.78 is 1.67. The topological polar surface area (TPSA) is 97.1 Å².